The maximum atomic E-state index is 12.8. The van der Waals surface area contributed by atoms with Crippen LogP contribution < -0.4 is 0 Å². The number of sulfonamides is 1. The van der Waals surface area contributed by atoms with Crippen LogP contribution in [0.5, 0.6) is 0 Å². The van der Waals surface area contributed by atoms with E-state index >= 15 is 0 Å². The minimum absolute atomic E-state index is 0.312. The minimum Gasteiger partial charge on any atom is -0.380 e. The van der Waals surface area contributed by atoms with E-state index in [4.69, 9.17) is 9.26 Å². The zero-order chi connectivity index (χ0) is 19.6. The molecule has 2 aliphatic rings. The highest BCUT2D eigenvalue weighted by Gasteiger charge is 2.35. The van der Waals surface area contributed by atoms with Gasteiger partial charge >= 0.3 is 0 Å². The Morgan fingerprint density at radius 2 is 1.89 bits per heavy atom. The predicted molar refractivity (Wildman–Crippen MR) is 104 cm³/mol. The number of aromatic nitrogens is 2. The molecular weight excluding hydrogens is 380 g/mol. The number of aryl methyl sites for hydroxylation is 1. The Balaban J connectivity index is 1.33. The molecule has 0 N–H and O–H groups in total. The third-order valence-corrected chi connectivity index (χ3v) is 7.67. The van der Waals surface area contributed by atoms with Crippen molar-refractivity contribution in [1.82, 2.24) is 19.3 Å². The summed E-state index contributed by atoms with van der Waals surface area (Å²) in [7, 11) is -3.29. The molecular formula is C19H26N4O4S. The highest BCUT2D eigenvalue weighted by Crippen LogP contribution is 2.21. The largest absolute Gasteiger partial charge is 0.380 e. The lowest BCUT2D eigenvalue weighted by Crippen LogP contribution is -2.52. The number of benzene rings is 1. The molecule has 8 nitrogen and oxygen atoms in total. The van der Waals surface area contributed by atoms with E-state index in [2.05, 4.69) is 15.0 Å². The molecule has 0 aliphatic carbocycles. The summed E-state index contributed by atoms with van der Waals surface area (Å²) in [5, 5.41) is 3.66. The summed E-state index contributed by atoms with van der Waals surface area (Å²) in [5.41, 5.74) is 2.10. The van der Waals surface area contributed by atoms with Crippen molar-refractivity contribution in [2.75, 3.05) is 39.4 Å². The fraction of sp³-hybridized carbons (Fsp3) is 0.579. The molecule has 0 saturated carbocycles. The van der Waals surface area contributed by atoms with Crippen molar-refractivity contribution in [3.05, 3.63) is 35.7 Å². The van der Waals surface area contributed by atoms with Gasteiger partial charge in [-0.15, -0.1) is 0 Å². The van der Waals surface area contributed by atoms with E-state index in [1.165, 1.54) is 5.56 Å². The van der Waals surface area contributed by atoms with Crippen molar-refractivity contribution in [3.8, 4) is 11.4 Å². The van der Waals surface area contributed by atoms with Gasteiger partial charge in [0.15, 0.2) is 0 Å². The first-order valence-corrected chi connectivity index (χ1v) is 11.2. The van der Waals surface area contributed by atoms with Gasteiger partial charge in [0.05, 0.1) is 18.4 Å². The lowest BCUT2D eigenvalue weighted by Gasteiger charge is -2.36. The number of rotatable bonds is 5. The number of hydrogen-bond donors (Lipinski definition) is 0. The van der Waals surface area contributed by atoms with Gasteiger partial charge in [-0.05, 0) is 19.8 Å². The standard InChI is InChI=1S/C19H26N4O4S/c1-15-4-6-16(7-5-15)19-20-18(27-21-19)13-22-8-10-23(11-9-22)28(24,25)17-3-2-12-26-14-17/h4-7,17H,2-3,8-14H2,1H3. The molecule has 28 heavy (non-hydrogen) atoms. The number of nitrogens with zero attached hydrogens (tertiary/aromatic N) is 4. The van der Waals surface area contributed by atoms with Crippen LogP contribution in [0.3, 0.4) is 0 Å². The molecule has 1 unspecified atom stereocenters. The molecule has 2 fully saturated rings. The van der Waals surface area contributed by atoms with Gasteiger partial charge in [-0.2, -0.15) is 9.29 Å². The van der Waals surface area contributed by atoms with Crippen molar-refractivity contribution >= 4 is 10.0 Å². The number of piperazine rings is 1. The van der Waals surface area contributed by atoms with E-state index < -0.39 is 15.3 Å². The van der Waals surface area contributed by atoms with Gasteiger partial charge in [-0.3, -0.25) is 4.90 Å². The molecule has 1 aromatic heterocycles. The van der Waals surface area contributed by atoms with Gasteiger partial charge in [-0.1, -0.05) is 35.0 Å². The summed E-state index contributed by atoms with van der Waals surface area (Å²) in [4.78, 5) is 6.63. The first-order chi connectivity index (χ1) is 13.5. The van der Waals surface area contributed by atoms with E-state index in [-0.39, 0.29) is 0 Å². The number of ether oxygens (including phenoxy) is 1. The maximum absolute atomic E-state index is 12.8. The lowest BCUT2D eigenvalue weighted by atomic mass is 10.1. The van der Waals surface area contributed by atoms with Crippen LogP contribution in [0.15, 0.2) is 28.8 Å². The van der Waals surface area contributed by atoms with E-state index in [1.54, 1.807) is 4.31 Å². The zero-order valence-corrected chi connectivity index (χ0v) is 16.9. The molecule has 0 spiro atoms. The number of hydrogen-bond acceptors (Lipinski definition) is 7. The van der Waals surface area contributed by atoms with Crippen LogP contribution in [0.25, 0.3) is 11.4 Å². The molecule has 1 atom stereocenters. The third kappa shape index (κ3) is 4.27. The van der Waals surface area contributed by atoms with Crippen LogP contribution in [0, 0.1) is 6.92 Å². The summed E-state index contributed by atoms with van der Waals surface area (Å²) in [6.07, 6.45) is 1.50. The molecule has 1 aromatic carbocycles. The fourth-order valence-corrected chi connectivity index (χ4v) is 5.46. The molecule has 4 rings (SSSR count). The summed E-state index contributed by atoms with van der Waals surface area (Å²) in [5.74, 6) is 1.13. The Kier molecular flexibility index (Phi) is 5.77. The minimum atomic E-state index is -3.29. The van der Waals surface area contributed by atoms with Crippen molar-refractivity contribution in [1.29, 1.82) is 0 Å². The van der Waals surface area contributed by atoms with Crippen molar-refractivity contribution in [2.24, 2.45) is 0 Å². The first kappa shape index (κ1) is 19.5. The van der Waals surface area contributed by atoms with E-state index in [0.717, 1.165) is 12.0 Å². The first-order valence-electron chi connectivity index (χ1n) is 9.71. The van der Waals surface area contributed by atoms with Gasteiger partial charge in [-0.25, -0.2) is 8.42 Å². The summed E-state index contributed by atoms with van der Waals surface area (Å²) < 4.78 is 37.9. The van der Waals surface area contributed by atoms with E-state index in [9.17, 15) is 8.42 Å². The lowest BCUT2D eigenvalue weighted by molar-refractivity contribution is 0.0957. The average molecular weight is 407 g/mol. The third-order valence-electron chi connectivity index (χ3n) is 5.37. The molecule has 0 amide bonds. The summed E-state index contributed by atoms with van der Waals surface area (Å²) in [6.45, 7) is 5.80. The van der Waals surface area contributed by atoms with Crippen LogP contribution in [-0.4, -0.2) is 72.4 Å². The normalized spacial score (nSPS) is 22.4. The Morgan fingerprint density at radius 1 is 1.14 bits per heavy atom. The van der Waals surface area contributed by atoms with Crippen LogP contribution >= 0.6 is 0 Å². The highest BCUT2D eigenvalue weighted by molar-refractivity contribution is 7.89. The van der Waals surface area contributed by atoms with Crippen molar-refractivity contribution in [3.63, 3.8) is 0 Å². The second-order valence-electron chi connectivity index (χ2n) is 7.44. The summed E-state index contributed by atoms with van der Waals surface area (Å²) in [6, 6.07) is 7.98. The van der Waals surface area contributed by atoms with Gasteiger partial charge < -0.3 is 9.26 Å². The van der Waals surface area contributed by atoms with Crippen LogP contribution in [0.2, 0.25) is 0 Å². The Hall–Kier alpha value is -1.81. The molecule has 2 aliphatic heterocycles. The van der Waals surface area contributed by atoms with Gasteiger partial charge in [0, 0.05) is 38.3 Å². The highest BCUT2D eigenvalue weighted by atomic mass is 32.2. The van der Waals surface area contributed by atoms with Crippen molar-refractivity contribution in [2.45, 2.75) is 31.6 Å². The fourth-order valence-electron chi connectivity index (χ4n) is 3.63. The smallest absolute Gasteiger partial charge is 0.241 e. The van der Waals surface area contributed by atoms with Gasteiger partial charge in [0.25, 0.3) is 0 Å². The topological polar surface area (TPSA) is 88.8 Å². The van der Waals surface area contributed by atoms with Gasteiger partial charge in [0.1, 0.15) is 0 Å². The van der Waals surface area contributed by atoms with E-state index in [0.29, 0.717) is 64.1 Å². The van der Waals surface area contributed by atoms with Gasteiger partial charge in [0.2, 0.25) is 21.7 Å². The quantitative estimate of drug-likeness (QED) is 0.746. The zero-order valence-electron chi connectivity index (χ0n) is 16.1. The second-order valence-corrected chi connectivity index (χ2v) is 9.65. The molecule has 2 saturated heterocycles. The SMILES string of the molecule is Cc1ccc(-c2noc(CN3CCN(S(=O)(=O)C4CCCOC4)CC3)n2)cc1. The molecule has 0 radical (unpaired) electrons. The van der Waals surface area contributed by atoms with Crippen molar-refractivity contribution < 1.29 is 17.7 Å². The molecule has 152 valence electrons. The monoisotopic (exact) mass is 406 g/mol. The summed E-state index contributed by atoms with van der Waals surface area (Å²) >= 11 is 0. The Bertz CT molecular complexity index is 883. The molecule has 2 aromatic rings. The Labute approximate surface area is 165 Å². The molecule has 0 bridgehead atoms. The average Bonchev–Trinajstić information content (AvgIpc) is 3.18. The predicted octanol–water partition coefficient (Wildman–Crippen LogP) is 1.67. The van der Waals surface area contributed by atoms with Crippen LogP contribution in [0.1, 0.15) is 24.3 Å². The molecule has 9 heteroatoms. The second kappa shape index (κ2) is 8.28. The van der Waals surface area contributed by atoms with E-state index in [1.807, 2.05) is 31.2 Å². The van der Waals surface area contributed by atoms with Crippen LogP contribution in [-0.2, 0) is 21.3 Å². The van der Waals surface area contributed by atoms with Crippen LogP contribution in [0.4, 0.5) is 0 Å². The Morgan fingerprint density at radius 3 is 2.57 bits per heavy atom. The molecule has 3 heterocycles. The maximum Gasteiger partial charge on any atom is 0.241 e.